The van der Waals surface area contributed by atoms with Crippen molar-refractivity contribution in [1.29, 1.82) is 0 Å². The van der Waals surface area contributed by atoms with Crippen LogP contribution in [0.25, 0.3) is 22.4 Å². The molecule has 0 aliphatic heterocycles. The number of aryl methyl sites for hydroxylation is 2. The van der Waals surface area contributed by atoms with Gasteiger partial charge in [0.1, 0.15) is 24.4 Å². The van der Waals surface area contributed by atoms with E-state index in [4.69, 9.17) is 15.9 Å². The molecule has 0 saturated carbocycles. The molecule has 10 nitrogen and oxygen atoms in total. The lowest BCUT2D eigenvalue weighted by Gasteiger charge is -2.14. The molecule has 204 valence electrons. The zero-order valence-electron chi connectivity index (χ0n) is 23.2. The lowest BCUT2D eigenvalue weighted by atomic mass is 10.1. The quantitative estimate of drug-likeness (QED) is 0.124. The second kappa shape index (κ2) is 12.2. The molecule has 3 aromatic heterocycles. The van der Waals surface area contributed by atoms with Gasteiger partial charge in [0, 0.05) is 30.1 Å². The van der Waals surface area contributed by atoms with Gasteiger partial charge < -0.3 is 19.4 Å². The monoisotopic (exact) mass is 537 g/mol. The lowest BCUT2D eigenvalue weighted by Crippen LogP contribution is -2.08. The van der Waals surface area contributed by atoms with E-state index in [0.717, 1.165) is 28.1 Å². The van der Waals surface area contributed by atoms with Crippen LogP contribution in [-0.4, -0.2) is 55.6 Å². The van der Waals surface area contributed by atoms with Crippen LogP contribution in [0.3, 0.4) is 0 Å². The second-order valence-corrected chi connectivity index (χ2v) is 9.10. The van der Waals surface area contributed by atoms with Crippen LogP contribution in [0, 0.1) is 26.2 Å². The summed E-state index contributed by atoms with van der Waals surface area (Å²) in [6.07, 6.45) is 10.8. The Morgan fingerprint density at radius 1 is 1.15 bits per heavy atom. The molecular weight excluding hydrogens is 506 g/mol. The Bertz CT molecular complexity index is 1670. The molecular formula is C30H31N7O3. The molecule has 0 aliphatic carbocycles. The summed E-state index contributed by atoms with van der Waals surface area (Å²) in [6.45, 7) is 12.0. The number of carbonyl (C=O) groups excluding carboxylic acids is 1. The van der Waals surface area contributed by atoms with Crippen molar-refractivity contribution in [2.24, 2.45) is 0 Å². The van der Waals surface area contributed by atoms with Crippen molar-refractivity contribution < 1.29 is 14.3 Å². The number of hydrogen-bond donors (Lipinski definition) is 1. The van der Waals surface area contributed by atoms with Gasteiger partial charge in [-0.05, 0) is 70.0 Å². The zero-order valence-corrected chi connectivity index (χ0v) is 23.2. The molecule has 1 aromatic carbocycles. The third-order valence-corrected chi connectivity index (χ3v) is 6.11. The van der Waals surface area contributed by atoms with E-state index in [2.05, 4.69) is 38.1 Å². The van der Waals surface area contributed by atoms with Crippen LogP contribution < -0.4 is 10.1 Å². The van der Waals surface area contributed by atoms with Gasteiger partial charge in [-0.1, -0.05) is 6.58 Å². The maximum absolute atomic E-state index is 12.5. The van der Waals surface area contributed by atoms with Gasteiger partial charge in [0.2, 0.25) is 0 Å². The number of nitrogens with zero attached hydrogens (tertiary/aromatic N) is 6. The van der Waals surface area contributed by atoms with Crippen LogP contribution in [0.5, 0.6) is 5.75 Å². The second-order valence-electron chi connectivity index (χ2n) is 9.10. The molecule has 0 spiro atoms. The Morgan fingerprint density at radius 3 is 2.60 bits per heavy atom. The highest BCUT2D eigenvalue weighted by Gasteiger charge is 2.15. The Kier molecular flexibility index (Phi) is 8.57. The number of nitrogens with one attached hydrogen (secondary N) is 1. The van der Waals surface area contributed by atoms with Crippen molar-refractivity contribution in [2.45, 2.75) is 27.7 Å². The van der Waals surface area contributed by atoms with Crippen LogP contribution in [0.4, 0.5) is 11.5 Å². The van der Waals surface area contributed by atoms with E-state index in [1.165, 1.54) is 6.92 Å². The van der Waals surface area contributed by atoms with Crippen molar-refractivity contribution in [1.82, 2.24) is 29.5 Å². The molecule has 1 N–H and O–H groups in total. The summed E-state index contributed by atoms with van der Waals surface area (Å²) >= 11 is 0. The van der Waals surface area contributed by atoms with Gasteiger partial charge in [-0.2, -0.15) is 10.2 Å². The number of benzene rings is 1. The van der Waals surface area contributed by atoms with Crippen molar-refractivity contribution in [3.8, 4) is 18.1 Å². The third kappa shape index (κ3) is 6.17. The summed E-state index contributed by atoms with van der Waals surface area (Å²) in [5.41, 5.74) is 6.01. The smallest absolute Gasteiger partial charge is 0.161 e. The number of methoxy groups -OCH3 is 1. The number of imidazole rings is 1. The van der Waals surface area contributed by atoms with Crippen molar-refractivity contribution in [2.75, 3.05) is 25.6 Å². The fraction of sp³-hybridized carbons (Fsp3) is 0.233. The van der Waals surface area contributed by atoms with E-state index in [1.54, 1.807) is 30.3 Å². The molecule has 0 atom stereocenters. The minimum atomic E-state index is -0.148. The molecule has 4 rings (SSSR count). The Morgan fingerprint density at radius 2 is 1.95 bits per heavy atom. The van der Waals surface area contributed by atoms with Gasteiger partial charge in [-0.25, -0.2) is 9.67 Å². The van der Waals surface area contributed by atoms with Crippen molar-refractivity contribution in [3.05, 3.63) is 78.0 Å². The van der Waals surface area contributed by atoms with Crippen molar-refractivity contribution in [3.63, 3.8) is 0 Å². The molecule has 4 aromatic rings. The molecule has 40 heavy (non-hydrogen) atoms. The highest BCUT2D eigenvalue weighted by molar-refractivity contribution is 6.05. The van der Waals surface area contributed by atoms with Gasteiger partial charge in [-0.15, -0.1) is 11.5 Å². The minimum Gasteiger partial charge on any atom is -0.489 e. The van der Waals surface area contributed by atoms with Gasteiger partial charge in [-0.3, -0.25) is 4.79 Å². The number of aromatic nitrogens is 6. The van der Waals surface area contributed by atoms with E-state index in [0.29, 0.717) is 47.4 Å². The van der Waals surface area contributed by atoms with Crippen LogP contribution in [0.1, 0.15) is 30.9 Å². The highest BCUT2D eigenvalue weighted by Crippen LogP contribution is 2.33. The summed E-state index contributed by atoms with van der Waals surface area (Å²) in [5, 5.41) is 15.9. The lowest BCUT2D eigenvalue weighted by molar-refractivity contribution is -0.113. The van der Waals surface area contributed by atoms with E-state index in [1.807, 2.05) is 55.7 Å². The van der Waals surface area contributed by atoms with Gasteiger partial charge in [0.25, 0.3) is 0 Å². The number of terminal acetylenes is 1. The fourth-order valence-corrected chi connectivity index (χ4v) is 4.01. The zero-order chi connectivity index (χ0) is 28.8. The van der Waals surface area contributed by atoms with E-state index >= 15 is 0 Å². The van der Waals surface area contributed by atoms with Gasteiger partial charge in [0.15, 0.2) is 11.6 Å². The number of fused-ring (bicyclic) bond motifs is 1. The van der Waals surface area contributed by atoms with Crippen molar-refractivity contribution >= 4 is 39.7 Å². The molecule has 3 heterocycles. The normalized spacial score (nSPS) is 11.9. The number of Topliss-reactive ketones (excluding diaryl/α,β-unsaturated/α-hetero) is 1. The Labute approximate surface area is 233 Å². The SMILES string of the molecule is C#Cc1cc(C)n(C(=C)/C(=C\C=C(/C)n2cnc3cc(Nc4ccc(C)nn4)c(OCCOC)cc32)C(C)=O)n1. The Balaban J connectivity index is 1.70. The highest BCUT2D eigenvalue weighted by atomic mass is 16.5. The average Bonchev–Trinajstić information content (AvgIpc) is 3.52. The molecule has 0 bridgehead atoms. The minimum absolute atomic E-state index is 0.148. The number of carbonyl (C=O) groups is 1. The van der Waals surface area contributed by atoms with E-state index < -0.39 is 0 Å². The molecule has 0 unspecified atom stereocenters. The first-order chi connectivity index (χ1) is 19.2. The first-order valence-electron chi connectivity index (χ1n) is 12.5. The predicted octanol–water partition coefficient (Wildman–Crippen LogP) is 4.94. The maximum atomic E-state index is 12.5. The number of hydrogen-bond acceptors (Lipinski definition) is 8. The summed E-state index contributed by atoms with van der Waals surface area (Å²) in [6, 6.07) is 9.29. The average molecular weight is 538 g/mol. The summed E-state index contributed by atoms with van der Waals surface area (Å²) < 4.78 is 14.7. The molecule has 0 radical (unpaired) electrons. The largest absolute Gasteiger partial charge is 0.489 e. The molecule has 0 fully saturated rings. The fourth-order valence-electron chi connectivity index (χ4n) is 4.01. The maximum Gasteiger partial charge on any atom is 0.161 e. The van der Waals surface area contributed by atoms with Crippen LogP contribution in [-0.2, 0) is 9.53 Å². The number of anilines is 2. The van der Waals surface area contributed by atoms with Crippen LogP contribution >= 0.6 is 0 Å². The summed E-state index contributed by atoms with van der Waals surface area (Å²) in [5.74, 6) is 3.55. The number of ether oxygens (including phenoxy) is 2. The van der Waals surface area contributed by atoms with Crippen LogP contribution in [0.2, 0.25) is 0 Å². The number of ketones is 1. The molecule has 0 saturated heterocycles. The van der Waals surface area contributed by atoms with E-state index in [-0.39, 0.29) is 5.78 Å². The summed E-state index contributed by atoms with van der Waals surface area (Å²) in [7, 11) is 1.62. The Hall–Kier alpha value is -5.01. The van der Waals surface area contributed by atoms with E-state index in [9.17, 15) is 4.79 Å². The standard InChI is InChI=1S/C30H31N7O3/c1-8-24-15-21(4)37(35-24)22(5)25(23(6)38)11-10-20(3)36-18-31-26-16-27(32-30-12-9-19(2)33-34-30)29(17-28(26)36)40-14-13-39-7/h1,9-12,15-18H,5,13-14H2,2-4,6-7H3,(H,32,34)/b20-10+,25-11+. The predicted molar refractivity (Wildman–Crippen MR) is 156 cm³/mol. The first kappa shape index (κ1) is 28.0. The topological polar surface area (TPSA) is 109 Å². The van der Waals surface area contributed by atoms with Gasteiger partial charge >= 0.3 is 0 Å². The molecule has 0 aliphatic rings. The molecule has 0 amide bonds. The van der Waals surface area contributed by atoms with Gasteiger partial charge in [0.05, 0.1) is 34.7 Å². The van der Waals surface area contributed by atoms with Crippen LogP contribution in [0.15, 0.2) is 61.0 Å². The first-order valence-corrected chi connectivity index (χ1v) is 12.5. The number of allylic oxidation sites excluding steroid dienone is 5. The number of rotatable bonds is 11. The molecule has 10 heteroatoms. The third-order valence-electron chi connectivity index (χ3n) is 6.11. The summed E-state index contributed by atoms with van der Waals surface area (Å²) in [4.78, 5) is 17.1.